The van der Waals surface area contributed by atoms with Crippen LogP contribution in [0, 0.1) is 0 Å². The second-order valence-corrected chi connectivity index (χ2v) is 5.70. The van der Waals surface area contributed by atoms with E-state index in [2.05, 4.69) is 26.6 Å². The molecule has 0 unspecified atom stereocenters. The zero-order chi connectivity index (χ0) is 16.8. The number of rotatable bonds is 5. The standard InChI is InChI=1S/C17H17BrN2O3/c1-3-16(21)19-13-6-4-5-11(9-13)17(22)20-14-10-12(18)7-8-15(14)23-2/h4-10H,3H2,1-2H3,(H,19,21)(H,20,22). The average Bonchev–Trinajstić information content (AvgIpc) is 2.55. The van der Waals surface area contributed by atoms with Gasteiger partial charge in [-0.15, -0.1) is 0 Å². The first-order valence-corrected chi connectivity index (χ1v) is 7.87. The van der Waals surface area contributed by atoms with Gasteiger partial charge in [-0.3, -0.25) is 9.59 Å². The van der Waals surface area contributed by atoms with Crippen molar-refractivity contribution in [3.8, 4) is 5.75 Å². The SMILES string of the molecule is CCC(=O)Nc1cccc(C(=O)Nc2cc(Br)ccc2OC)c1. The lowest BCUT2D eigenvalue weighted by Crippen LogP contribution is -2.14. The van der Waals surface area contributed by atoms with Crippen molar-refractivity contribution in [2.45, 2.75) is 13.3 Å². The molecule has 0 saturated carbocycles. The molecule has 0 aliphatic carbocycles. The summed E-state index contributed by atoms with van der Waals surface area (Å²) in [7, 11) is 1.54. The van der Waals surface area contributed by atoms with Crippen molar-refractivity contribution in [2.75, 3.05) is 17.7 Å². The Bertz CT molecular complexity index is 732. The number of halogens is 1. The zero-order valence-corrected chi connectivity index (χ0v) is 14.4. The zero-order valence-electron chi connectivity index (χ0n) is 12.9. The lowest BCUT2D eigenvalue weighted by molar-refractivity contribution is -0.115. The highest BCUT2D eigenvalue weighted by molar-refractivity contribution is 9.10. The Morgan fingerprint density at radius 3 is 2.61 bits per heavy atom. The predicted octanol–water partition coefficient (Wildman–Crippen LogP) is 4.06. The van der Waals surface area contributed by atoms with E-state index in [1.807, 2.05) is 6.07 Å². The second kappa shape index (κ2) is 7.78. The van der Waals surface area contributed by atoms with Crippen molar-refractivity contribution in [3.05, 3.63) is 52.5 Å². The van der Waals surface area contributed by atoms with Gasteiger partial charge in [0, 0.05) is 22.1 Å². The van der Waals surface area contributed by atoms with Gasteiger partial charge in [0.2, 0.25) is 5.91 Å². The maximum absolute atomic E-state index is 12.4. The molecule has 0 aromatic heterocycles. The summed E-state index contributed by atoms with van der Waals surface area (Å²) in [4.78, 5) is 23.8. The van der Waals surface area contributed by atoms with Crippen molar-refractivity contribution in [3.63, 3.8) is 0 Å². The van der Waals surface area contributed by atoms with Crippen molar-refractivity contribution in [1.29, 1.82) is 0 Å². The van der Waals surface area contributed by atoms with Crippen LogP contribution in [0.15, 0.2) is 46.9 Å². The fourth-order valence-corrected chi connectivity index (χ4v) is 2.32. The molecule has 2 aromatic rings. The van der Waals surface area contributed by atoms with E-state index in [0.717, 1.165) is 4.47 Å². The quantitative estimate of drug-likeness (QED) is 0.826. The van der Waals surface area contributed by atoms with Crippen molar-refractivity contribution < 1.29 is 14.3 Å². The lowest BCUT2D eigenvalue weighted by atomic mass is 10.1. The molecule has 0 aliphatic rings. The van der Waals surface area contributed by atoms with Crippen LogP contribution in [0.2, 0.25) is 0 Å². The highest BCUT2D eigenvalue weighted by Gasteiger charge is 2.11. The number of benzene rings is 2. The van der Waals surface area contributed by atoms with Gasteiger partial charge in [-0.25, -0.2) is 0 Å². The van der Waals surface area contributed by atoms with E-state index in [0.29, 0.717) is 29.1 Å². The number of amides is 2. The molecule has 5 nitrogen and oxygen atoms in total. The number of methoxy groups -OCH3 is 1. The molecule has 0 spiro atoms. The minimum Gasteiger partial charge on any atom is -0.495 e. The molecule has 0 radical (unpaired) electrons. The van der Waals surface area contributed by atoms with E-state index in [-0.39, 0.29) is 11.8 Å². The monoisotopic (exact) mass is 376 g/mol. The summed E-state index contributed by atoms with van der Waals surface area (Å²) >= 11 is 3.36. The van der Waals surface area contributed by atoms with Crippen LogP contribution in [0.3, 0.4) is 0 Å². The third kappa shape index (κ3) is 4.56. The molecule has 0 bridgehead atoms. The third-order valence-corrected chi connectivity index (χ3v) is 3.63. The van der Waals surface area contributed by atoms with Gasteiger partial charge < -0.3 is 15.4 Å². The van der Waals surface area contributed by atoms with Crippen molar-refractivity contribution in [1.82, 2.24) is 0 Å². The van der Waals surface area contributed by atoms with Gasteiger partial charge in [-0.2, -0.15) is 0 Å². The molecule has 2 rings (SSSR count). The van der Waals surface area contributed by atoms with Gasteiger partial charge in [0.1, 0.15) is 5.75 Å². The van der Waals surface area contributed by atoms with E-state index in [1.165, 1.54) is 0 Å². The minimum absolute atomic E-state index is 0.101. The van der Waals surface area contributed by atoms with Gasteiger partial charge in [-0.1, -0.05) is 28.9 Å². The number of anilines is 2. The van der Waals surface area contributed by atoms with Crippen LogP contribution >= 0.6 is 15.9 Å². The second-order valence-electron chi connectivity index (χ2n) is 4.78. The molecule has 23 heavy (non-hydrogen) atoms. The molecule has 0 aliphatic heterocycles. The molecule has 0 atom stereocenters. The molecule has 0 saturated heterocycles. The predicted molar refractivity (Wildman–Crippen MR) is 94.0 cm³/mol. The van der Waals surface area contributed by atoms with Crippen LogP contribution in [-0.4, -0.2) is 18.9 Å². The van der Waals surface area contributed by atoms with Crippen LogP contribution in [0.1, 0.15) is 23.7 Å². The smallest absolute Gasteiger partial charge is 0.255 e. The summed E-state index contributed by atoms with van der Waals surface area (Å²) in [5.74, 6) is 0.183. The van der Waals surface area contributed by atoms with Gasteiger partial charge in [0.15, 0.2) is 0 Å². The van der Waals surface area contributed by atoms with Crippen molar-refractivity contribution in [2.24, 2.45) is 0 Å². The highest BCUT2D eigenvalue weighted by Crippen LogP contribution is 2.28. The van der Waals surface area contributed by atoms with Crippen LogP contribution in [0.4, 0.5) is 11.4 Å². The summed E-state index contributed by atoms with van der Waals surface area (Å²) in [6.07, 6.45) is 0.381. The number of ether oxygens (including phenoxy) is 1. The first-order valence-electron chi connectivity index (χ1n) is 7.08. The number of carbonyl (C=O) groups is 2. The Morgan fingerprint density at radius 1 is 1.13 bits per heavy atom. The Balaban J connectivity index is 2.19. The molecule has 6 heteroatoms. The topological polar surface area (TPSA) is 67.4 Å². The van der Waals surface area contributed by atoms with E-state index < -0.39 is 0 Å². The van der Waals surface area contributed by atoms with Crippen molar-refractivity contribution >= 4 is 39.1 Å². The third-order valence-electron chi connectivity index (χ3n) is 3.14. The van der Waals surface area contributed by atoms with Crippen LogP contribution in [-0.2, 0) is 4.79 Å². The lowest BCUT2D eigenvalue weighted by Gasteiger charge is -2.11. The van der Waals surface area contributed by atoms with E-state index in [9.17, 15) is 9.59 Å². The highest BCUT2D eigenvalue weighted by atomic mass is 79.9. The number of carbonyl (C=O) groups excluding carboxylic acids is 2. The normalized spacial score (nSPS) is 10.0. The first kappa shape index (κ1) is 17.0. The maximum atomic E-state index is 12.4. The van der Waals surface area contributed by atoms with Crippen LogP contribution in [0.5, 0.6) is 5.75 Å². The summed E-state index contributed by atoms with van der Waals surface area (Å²) in [5, 5.41) is 5.54. The summed E-state index contributed by atoms with van der Waals surface area (Å²) in [5.41, 5.74) is 1.60. The molecule has 0 fully saturated rings. The summed E-state index contributed by atoms with van der Waals surface area (Å²) in [6.45, 7) is 1.77. The van der Waals surface area contributed by atoms with E-state index >= 15 is 0 Å². The summed E-state index contributed by atoms with van der Waals surface area (Å²) in [6, 6.07) is 12.1. The molecular weight excluding hydrogens is 360 g/mol. The summed E-state index contributed by atoms with van der Waals surface area (Å²) < 4.78 is 6.07. The maximum Gasteiger partial charge on any atom is 0.255 e. The Morgan fingerprint density at radius 2 is 1.91 bits per heavy atom. The average molecular weight is 377 g/mol. The molecule has 0 heterocycles. The van der Waals surface area contributed by atoms with Gasteiger partial charge in [0.25, 0.3) is 5.91 Å². The molecular formula is C17H17BrN2O3. The fourth-order valence-electron chi connectivity index (χ4n) is 1.96. The van der Waals surface area contributed by atoms with Crippen LogP contribution < -0.4 is 15.4 Å². The van der Waals surface area contributed by atoms with Gasteiger partial charge >= 0.3 is 0 Å². The molecule has 2 aromatic carbocycles. The van der Waals surface area contributed by atoms with E-state index in [1.54, 1.807) is 50.4 Å². The number of hydrogen-bond donors (Lipinski definition) is 2. The van der Waals surface area contributed by atoms with E-state index in [4.69, 9.17) is 4.74 Å². The number of hydrogen-bond acceptors (Lipinski definition) is 3. The molecule has 2 N–H and O–H groups in total. The molecule has 120 valence electrons. The fraction of sp³-hybridized carbons (Fsp3) is 0.176. The van der Waals surface area contributed by atoms with Gasteiger partial charge in [-0.05, 0) is 36.4 Å². The minimum atomic E-state index is -0.283. The van der Waals surface area contributed by atoms with Crippen LogP contribution in [0.25, 0.3) is 0 Å². The van der Waals surface area contributed by atoms with Gasteiger partial charge in [0.05, 0.1) is 12.8 Å². The number of nitrogens with one attached hydrogen (secondary N) is 2. The molecule has 2 amide bonds. The Kier molecular flexibility index (Phi) is 5.76. The Labute approximate surface area is 143 Å². The largest absolute Gasteiger partial charge is 0.495 e. The first-order chi connectivity index (χ1) is 11.0. The Hall–Kier alpha value is -2.34.